The summed E-state index contributed by atoms with van der Waals surface area (Å²) in [7, 11) is -7.11. The number of allylic oxidation sites excluding steroid dienone is 2. The highest BCUT2D eigenvalue weighted by molar-refractivity contribution is 7.93. The highest BCUT2D eigenvalue weighted by atomic mass is 32.2. The first-order valence-corrected chi connectivity index (χ1v) is 13.0. The lowest BCUT2D eigenvalue weighted by Gasteiger charge is -2.31. The summed E-state index contributed by atoms with van der Waals surface area (Å²) in [5.74, 6) is -0.827. The van der Waals surface area contributed by atoms with Gasteiger partial charge in [0.2, 0.25) is 10.0 Å². The lowest BCUT2D eigenvalue weighted by molar-refractivity contribution is -0.149. The van der Waals surface area contributed by atoms with E-state index in [0.717, 1.165) is 0 Å². The molecule has 1 fully saturated rings. The summed E-state index contributed by atoms with van der Waals surface area (Å²) in [5, 5.41) is -1.11. The highest BCUT2D eigenvalue weighted by Crippen LogP contribution is 2.29. The Hall–Kier alpha value is -1.19. The van der Waals surface area contributed by atoms with Crippen molar-refractivity contribution < 1.29 is 26.4 Å². The maximum Gasteiger partial charge on any atom is 0.310 e. The summed E-state index contributed by atoms with van der Waals surface area (Å²) in [6.07, 6.45) is 6.82. The average molecular weight is 434 g/mol. The van der Waals surface area contributed by atoms with Gasteiger partial charge in [-0.2, -0.15) is 4.31 Å². The maximum absolute atomic E-state index is 13.0. The van der Waals surface area contributed by atoms with Crippen molar-refractivity contribution in [3.8, 4) is 0 Å². The summed E-state index contributed by atoms with van der Waals surface area (Å²) in [5.41, 5.74) is 0. The number of sulfonamides is 1. The Bertz CT molecular complexity index is 824. The van der Waals surface area contributed by atoms with Crippen molar-refractivity contribution in [2.75, 3.05) is 19.7 Å². The largest absolute Gasteiger partial charge is 0.466 e. The second kappa shape index (κ2) is 9.54. The van der Waals surface area contributed by atoms with Gasteiger partial charge in [0.15, 0.2) is 9.84 Å². The van der Waals surface area contributed by atoms with Gasteiger partial charge in [-0.3, -0.25) is 4.79 Å². The van der Waals surface area contributed by atoms with Crippen LogP contribution < -0.4 is 0 Å². The quantitative estimate of drug-likeness (QED) is 0.545. The van der Waals surface area contributed by atoms with E-state index < -0.39 is 36.3 Å². The molecule has 2 atom stereocenters. The zero-order chi connectivity index (χ0) is 20.9. The monoisotopic (exact) mass is 433 g/mol. The molecule has 0 saturated carbocycles. The molecule has 0 amide bonds. The molecule has 0 spiro atoms. The Labute approximate surface area is 168 Å². The van der Waals surface area contributed by atoms with Gasteiger partial charge in [-0.1, -0.05) is 26.0 Å². The smallest absolute Gasteiger partial charge is 0.310 e. The summed E-state index contributed by atoms with van der Waals surface area (Å²) in [4.78, 5) is 12.1. The van der Waals surface area contributed by atoms with Crippen molar-refractivity contribution >= 4 is 25.8 Å². The zero-order valence-corrected chi connectivity index (χ0v) is 18.5. The van der Waals surface area contributed by atoms with E-state index >= 15 is 0 Å². The molecule has 1 aliphatic heterocycles. The van der Waals surface area contributed by atoms with E-state index in [0.29, 0.717) is 32.2 Å². The van der Waals surface area contributed by atoms with Gasteiger partial charge in [-0.05, 0) is 45.1 Å². The summed E-state index contributed by atoms with van der Waals surface area (Å²) >= 11 is 0. The van der Waals surface area contributed by atoms with Gasteiger partial charge in [0.25, 0.3) is 0 Å². The van der Waals surface area contributed by atoms with Crippen molar-refractivity contribution in [1.82, 2.24) is 4.31 Å². The Kier molecular flexibility index (Phi) is 7.87. The lowest BCUT2D eigenvalue weighted by Crippen LogP contribution is -2.43. The number of nitrogens with zero attached hydrogens (tertiary/aromatic N) is 1. The Balaban J connectivity index is 2.12. The molecule has 2 aliphatic rings. The SMILES string of the molecule is CCOC(=O)[C@@H]1CCCN(S(=O)(=O)C2=CCC(S(=O)(=O)C(CC)CC)C=C2)C1. The van der Waals surface area contributed by atoms with Crippen LogP contribution in [0.25, 0.3) is 0 Å². The van der Waals surface area contributed by atoms with Crippen LogP contribution in [0.3, 0.4) is 0 Å². The van der Waals surface area contributed by atoms with E-state index in [2.05, 4.69) is 0 Å². The van der Waals surface area contributed by atoms with Crippen LogP contribution in [-0.2, 0) is 29.4 Å². The number of carbonyl (C=O) groups excluding carboxylic acids is 1. The standard InChI is InChI=1S/C19H31NO6S2/c1-4-16(5-2)27(22,23)17-9-11-18(12-10-17)28(24,25)20-13-7-8-15(14-20)19(21)26-6-3/h9,11-12,15-17H,4-8,10,13-14H2,1-3H3/t15-,17?/m1/s1. The molecule has 0 aromatic heterocycles. The number of sulfone groups is 1. The predicted molar refractivity (Wildman–Crippen MR) is 109 cm³/mol. The van der Waals surface area contributed by atoms with E-state index in [1.165, 1.54) is 22.5 Å². The first-order valence-electron chi connectivity index (χ1n) is 9.96. The molecular weight excluding hydrogens is 402 g/mol. The Morgan fingerprint density at radius 1 is 1.21 bits per heavy atom. The minimum absolute atomic E-state index is 0.0990. The van der Waals surface area contributed by atoms with Gasteiger partial charge in [0.05, 0.1) is 27.9 Å². The molecule has 0 aromatic carbocycles. The molecule has 7 nitrogen and oxygen atoms in total. The molecule has 1 unspecified atom stereocenters. The van der Waals surface area contributed by atoms with Gasteiger partial charge >= 0.3 is 5.97 Å². The number of hydrogen-bond donors (Lipinski definition) is 0. The van der Waals surface area contributed by atoms with Gasteiger partial charge in [-0.25, -0.2) is 16.8 Å². The van der Waals surface area contributed by atoms with E-state index in [1.807, 2.05) is 13.8 Å². The predicted octanol–water partition coefficient (Wildman–Crippen LogP) is 2.41. The number of rotatable bonds is 8. The zero-order valence-electron chi connectivity index (χ0n) is 16.8. The minimum Gasteiger partial charge on any atom is -0.466 e. The molecule has 9 heteroatoms. The van der Waals surface area contributed by atoms with Crippen molar-refractivity contribution in [3.05, 3.63) is 23.1 Å². The highest BCUT2D eigenvalue weighted by Gasteiger charge is 2.36. The average Bonchev–Trinajstić information content (AvgIpc) is 2.69. The molecule has 28 heavy (non-hydrogen) atoms. The van der Waals surface area contributed by atoms with Crippen LogP contribution in [0.2, 0.25) is 0 Å². The van der Waals surface area contributed by atoms with Crippen LogP contribution in [0.1, 0.15) is 52.9 Å². The second-order valence-corrected chi connectivity index (χ2v) is 11.6. The molecule has 0 bridgehead atoms. The fourth-order valence-electron chi connectivity index (χ4n) is 3.78. The van der Waals surface area contributed by atoms with Crippen molar-refractivity contribution in [2.45, 2.75) is 63.4 Å². The first kappa shape index (κ1) is 23.1. The molecule has 0 radical (unpaired) electrons. The molecule has 1 aliphatic carbocycles. The number of ether oxygens (including phenoxy) is 1. The van der Waals surface area contributed by atoms with E-state index in [4.69, 9.17) is 4.74 Å². The molecule has 1 saturated heterocycles. The van der Waals surface area contributed by atoms with Crippen molar-refractivity contribution in [1.29, 1.82) is 0 Å². The molecule has 0 N–H and O–H groups in total. The normalized spacial score (nSPS) is 24.2. The van der Waals surface area contributed by atoms with Crippen LogP contribution in [-0.4, -0.2) is 57.3 Å². The number of esters is 1. The fraction of sp³-hybridized carbons (Fsp3) is 0.737. The van der Waals surface area contributed by atoms with Gasteiger partial charge in [0.1, 0.15) is 0 Å². The Morgan fingerprint density at radius 2 is 1.89 bits per heavy atom. The molecule has 0 aromatic rings. The van der Waals surface area contributed by atoms with Crippen LogP contribution in [0, 0.1) is 5.92 Å². The molecule has 160 valence electrons. The molecular formula is C19H31NO6S2. The van der Waals surface area contributed by atoms with Crippen LogP contribution in [0.4, 0.5) is 0 Å². The van der Waals surface area contributed by atoms with Gasteiger partial charge in [-0.15, -0.1) is 0 Å². The number of hydrogen-bond acceptors (Lipinski definition) is 6. The van der Waals surface area contributed by atoms with Crippen LogP contribution >= 0.6 is 0 Å². The molecule has 1 heterocycles. The lowest BCUT2D eigenvalue weighted by atomic mass is 10.0. The molecule has 2 rings (SSSR count). The van der Waals surface area contributed by atoms with Crippen molar-refractivity contribution in [2.24, 2.45) is 5.92 Å². The van der Waals surface area contributed by atoms with Crippen molar-refractivity contribution in [3.63, 3.8) is 0 Å². The summed E-state index contributed by atoms with van der Waals surface area (Å²) in [6.45, 7) is 6.13. The first-order chi connectivity index (χ1) is 13.2. The number of carbonyl (C=O) groups is 1. The third kappa shape index (κ3) is 4.86. The number of piperidine rings is 1. The summed E-state index contributed by atoms with van der Waals surface area (Å²) < 4.78 is 57.7. The van der Waals surface area contributed by atoms with Gasteiger partial charge < -0.3 is 4.74 Å². The topological polar surface area (TPSA) is 97.8 Å². The van der Waals surface area contributed by atoms with Crippen LogP contribution in [0.15, 0.2) is 23.1 Å². The third-order valence-corrected chi connectivity index (χ3v) is 10.2. The summed E-state index contributed by atoms with van der Waals surface area (Å²) in [6, 6.07) is 0. The fourth-order valence-corrected chi connectivity index (χ4v) is 7.47. The van der Waals surface area contributed by atoms with Gasteiger partial charge in [0, 0.05) is 13.1 Å². The Morgan fingerprint density at radius 3 is 2.43 bits per heavy atom. The second-order valence-electron chi connectivity index (χ2n) is 7.22. The minimum atomic E-state index is -3.76. The van der Waals surface area contributed by atoms with Crippen LogP contribution in [0.5, 0.6) is 0 Å². The van der Waals surface area contributed by atoms with E-state index in [-0.39, 0.29) is 30.4 Å². The third-order valence-electron chi connectivity index (χ3n) is 5.47. The maximum atomic E-state index is 13.0. The van der Waals surface area contributed by atoms with E-state index in [1.54, 1.807) is 6.92 Å². The van der Waals surface area contributed by atoms with E-state index in [9.17, 15) is 21.6 Å².